The Morgan fingerprint density at radius 1 is 1.38 bits per heavy atom. The lowest BCUT2D eigenvalue weighted by molar-refractivity contribution is -0.120. The molecule has 2 rings (SSSR count). The number of carbonyl (C=O) groups is 1. The summed E-state index contributed by atoms with van der Waals surface area (Å²) in [7, 11) is 0. The van der Waals surface area contributed by atoms with Gasteiger partial charge in [0.05, 0.1) is 6.54 Å². The number of rotatable bonds is 7. The molecule has 0 bridgehead atoms. The number of nitrogens with one attached hydrogen (secondary N) is 1. The molecule has 116 valence electrons. The van der Waals surface area contributed by atoms with Gasteiger partial charge in [-0.1, -0.05) is 18.9 Å². The van der Waals surface area contributed by atoms with Crippen LogP contribution in [0.3, 0.4) is 0 Å². The average molecular weight is 293 g/mol. The summed E-state index contributed by atoms with van der Waals surface area (Å²) in [5, 5.41) is 3.06. The van der Waals surface area contributed by atoms with E-state index in [-0.39, 0.29) is 18.3 Å². The van der Waals surface area contributed by atoms with E-state index in [0.29, 0.717) is 19.1 Å². The number of anilines is 1. The van der Waals surface area contributed by atoms with Crippen molar-refractivity contribution in [1.82, 2.24) is 5.32 Å². The number of hydrogen-bond donors (Lipinski definition) is 2. The van der Waals surface area contributed by atoms with Crippen molar-refractivity contribution >= 4 is 11.6 Å². The molecule has 1 amide bonds. The number of carbonyl (C=O) groups excluding carboxylic acids is 1. The van der Waals surface area contributed by atoms with Gasteiger partial charge in [-0.05, 0) is 44.0 Å². The number of benzene rings is 1. The Morgan fingerprint density at radius 3 is 2.81 bits per heavy atom. The zero-order chi connectivity index (χ0) is 15.1. The lowest BCUT2D eigenvalue weighted by Gasteiger charge is -2.25. The van der Waals surface area contributed by atoms with Gasteiger partial charge < -0.3 is 16.0 Å². The molecule has 1 aromatic rings. The van der Waals surface area contributed by atoms with Crippen molar-refractivity contribution in [2.24, 2.45) is 5.73 Å². The molecule has 0 atom stereocenters. The fraction of sp³-hybridized carbons (Fsp3) is 0.562. The van der Waals surface area contributed by atoms with Crippen LogP contribution < -0.4 is 16.0 Å². The zero-order valence-corrected chi connectivity index (χ0v) is 12.4. The molecular formula is C16H24FN3O. The lowest BCUT2D eigenvalue weighted by atomic mass is 10.2. The molecule has 0 heterocycles. The molecular weight excluding hydrogens is 269 g/mol. The first-order valence-electron chi connectivity index (χ1n) is 7.69. The molecule has 0 spiro atoms. The molecule has 21 heavy (non-hydrogen) atoms. The van der Waals surface area contributed by atoms with E-state index >= 15 is 0 Å². The van der Waals surface area contributed by atoms with Crippen LogP contribution >= 0.6 is 0 Å². The molecule has 0 saturated heterocycles. The lowest BCUT2D eigenvalue weighted by Crippen LogP contribution is -2.42. The Hall–Kier alpha value is -1.62. The van der Waals surface area contributed by atoms with E-state index in [0.717, 1.165) is 24.9 Å². The average Bonchev–Trinajstić information content (AvgIpc) is 2.96. The standard InChI is InChI=1S/C16H24FN3O/c17-13-5-3-8-15(11-13)20(10-4-9-18)12-16(21)19-14-6-1-2-7-14/h3,5,8,11,14H,1-2,4,6-7,9-10,12,18H2,(H,19,21). The summed E-state index contributed by atoms with van der Waals surface area (Å²) in [6.45, 7) is 1.45. The van der Waals surface area contributed by atoms with E-state index in [4.69, 9.17) is 5.73 Å². The summed E-state index contributed by atoms with van der Waals surface area (Å²) < 4.78 is 13.4. The van der Waals surface area contributed by atoms with Crippen LogP contribution in [0.1, 0.15) is 32.1 Å². The van der Waals surface area contributed by atoms with Crippen molar-refractivity contribution in [1.29, 1.82) is 0 Å². The van der Waals surface area contributed by atoms with Gasteiger partial charge in [0.1, 0.15) is 5.82 Å². The summed E-state index contributed by atoms with van der Waals surface area (Å²) in [4.78, 5) is 14.0. The van der Waals surface area contributed by atoms with Gasteiger partial charge in [-0.3, -0.25) is 4.79 Å². The summed E-state index contributed by atoms with van der Waals surface area (Å²) in [6.07, 6.45) is 5.27. The monoisotopic (exact) mass is 293 g/mol. The Bertz CT molecular complexity index is 461. The van der Waals surface area contributed by atoms with Crippen molar-refractivity contribution in [3.8, 4) is 0 Å². The van der Waals surface area contributed by atoms with Crippen molar-refractivity contribution in [3.63, 3.8) is 0 Å². The molecule has 1 aromatic carbocycles. The third-order valence-electron chi connectivity index (χ3n) is 3.86. The normalized spacial score (nSPS) is 15.1. The van der Waals surface area contributed by atoms with Gasteiger partial charge in [-0.2, -0.15) is 0 Å². The molecule has 3 N–H and O–H groups in total. The highest BCUT2D eigenvalue weighted by atomic mass is 19.1. The van der Waals surface area contributed by atoms with Gasteiger partial charge in [-0.15, -0.1) is 0 Å². The number of hydrogen-bond acceptors (Lipinski definition) is 3. The summed E-state index contributed by atoms with van der Waals surface area (Å²) in [6, 6.07) is 6.65. The van der Waals surface area contributed by atoms with Gasteiger partial charge in [0.15, 0.2) is 0 Å². The molecule has 1 saturated carbocycles. The van der Waals surface area contributed by atoms with Crippen molar-refractivity contribution in [2.45, 2.75) is 38.1 Å². The van der Waals surface area contributed by atoms with Crippen LogP contribution in [0, 0.1) is 5.82 Å². The first-order chi connectivity index (χ1) is 10.2. The van der Waals surface area contributed by atoms with Gasteiger partial charge >= 0.3 is 0 Å². The molecule has 0 aromatic heterocycles. The van der Waals surface area contributed by atoms with Gasteiger partial charge in [-0.25, -0.2) is 4.39 Å². The maximum Gasteiger partial charge on any atom is 0.239 e. The van der Waals surface area contributed by atoms with E-state index in [1.54, 1.807) is 6.07 Å². The minimum Gasteiger partial charge on any atom is -0.362 e. The highest BCUT2D eigenvalue weighted by Crippen LogP contribution is 2.18. The minimum absolute atomic E-state index is 0.00295. The van der Waals surface area contributed by atoms with E-state index in [2.05, 4.69) is 5.32 Å². The van der Waals surface area contributed by atoms with Crippen molar-refractivity contribution in [2.75, 3.05) is 24.5 Å². The summed E-state index contributed by atoms with van der Waals surface area (Å²) in [5.41, 5.74) is 6.27. The highest BCUT2D eigenvalue weighted by Gasteiger charge is 2.19. The Kier molecular flexibility index (Phi) is 5.99. The van der Waals surface area contributed by atoms with E-state index in [1.807, 2.05) is 11.0 Å². The van der Waals surface area contributed by atoms with Crippen LogP contribution in [0.15, 0.2) is 24.3 Å². The van der Waals surface area contributed by atoms with Crippen LogP contribution in [-0.2, 0) is 4.79 Å². The zero-order valence-electron chi connectivity index (χ0n) is 12.4. The number of amides is 1. The third-order valence-corrected chi connectivity index (χ3v) is 3.86. The maximum absolute atomic E-state index is 13.4. The van der Waals surface area contributed by atoms with Crippen molar-refractivity contribution in [3.05, 3.63) is 30.1 Å². The first kappa shape index (κ1) is 15.8. The van der Waals surface area contributed by atoms with Gasteiger partial charge in [0, 0.05) is 18.3 Å². The molecule has 1 aliphatic carbocycles. The number of nitrogens with two attached hydrogens (primary N) is 1. The predicted molar refractivity (Wildman–Crippen MR) is 82.7 cm³/mol. The molecule has 5 heteroatoms. The SMILES string of the molecule is NCCCN(CC(=O)NC1CCCC1)c1cccc(F)c1. The van der Waals surface area contributed by atoms with Crippen LogP contribution in [0.2, 0.25) is 0 Å². The predicted octanol–water partition coefficient (Wildman–Crippen LogP) is 2.04. The van der Waals surface area contributed by atoms with E-state index in [9.17, 15) is 9.18 Å². The number of nitrogens with zero attached hydrogens (tertiary/aromatic N) is 1. The smallest absolute Gasteiger partial charge is 0.239 e. The van der Waals surface area contributed by atoms with Gasteiger partial charge in [0.2, 0.25) is 5.91 Å². The molecule has 0 aliphatic heterocycles. The van der Waals surface area contributed by atoms with Crippen LogP contribution in [0.5, 0.6) is 0 Å². The van der Waals surface area contributed by atoms with Gasteiger partial charge in [0.25, 0.3) is 0 Å². The van der Waals surface area contributed by atoms with E-state index in [1.165, 1.54) is 25.0 Å². The second-order valence-corrected chi connectivity index (χ2v) is 5.59. The molecule has 1 aliphatic rings. The summed E-state index contributed by atoms with van der Waals surface area (Å²) >= 11 is 0. The first-order valence-corrected chi connectivity index (χ1v) is 7.69. The maximum atomic E-state index is 13.4. The van der Waals surface area contributed by atoms with Crippen LogP contribution in [-0.4, -0.2) is 31.6 Å². The minimum atomic E-state index is -0.290. The largest absolute Gasteiger partial charge is 0.362 e. The highest BCUT2D eigenvalue weighted by molar-refractivity contribution is 5.81. The second-order valence-electron chi connectivity index (χ2n) is 5.59. The van der Waals surface area contributed by atoms with E-state index < -0.39 is 0 Å². The Morgan fingerprint density at radius 2 is 2.14 bits per heavy atom. The summed E-state index contributed by atoms with van der Waals surface area (Å²) in [5.74, 6) is -0.287. The molecule has 1 fully saturated rings. The fourth-order valence-corrected chi connectivity index (χ4v) is 2.77. The molecule has 0 radical (unpaired) electrons. The Labute approximate surface area is 125 Å². The second kappa shape index (κ2) is 7.98. The molecule has 0 unspecified atom stereocenters. The van der Waals surface area contributed by atoms with Crippen molar-refractivity contribution < 1.29 is 9.18 Å². The molecule has 4 nitrogen and oxygen atoms in total. The van der Waals surface area contributed by atoms with Crippen LogP contribution in [0.25, 0.3) is 0 Å². The fourth-order valence-electron chi connectivity index (χ4n) is 2.77. The third kappa shape index (κ3) is 5.01. The van der Waals surface area contributed by atoms with Crippen LogP contribution in [0.4, 0.5) is 10.1 Å². The topological polar surface area (TPSA) is 58.4 Å². The Balaban J connectivity index is 1.96. The quantitative estimate of drug-likeness (QED) is 0.809. The number of halogens is 1.